The number of amides is 4. The monoisotopic (exact) mass is 446 g/mol. The number of hydrogen-bond donors (Lipinski definition) is 0. The van der Waals surface area contributed by atoms with E-state index in [9.17, 15) is 19.2 Å². The zero-order valence-electron chi connectivity index (χ0n) is 18.7. The quantitative estimate of drug-likeness (QED) is 0.207. The van der Waals surface area contributed by atoms with Gasteiger partial charge in [-0.05, 0) is 70.4 Å². The molecule has 0 saturated heterocycles. The summed E-state index contributed by atoms with van der Waals surface area (Å²) in [5.41, 5.74) is 2.05. The van der Waals surface area contributed by atoms with Gasteiger partial charge in [-0.1, -0.05) is 24.3 Å². The fourth-order valence-electron chi connectivity index (χ4n) is 5.88. The van der Waals surface area contributed by atoms with Gasteiger partial charge in [0.25, 0.3) is 23.6 Å². The minimum absolute atomic E-state index is 0.250. The maximum absolute atomic E-state index is 13.3. The minimum Gasteiger partial charge on any atom is -0.277 e. The van der Waals surface area contributed by atoms with Gasteiger partial charge in [0, 0.05) is 46.1 Å². The van der Waals surface area contributed by atoms with Gasteiger partial charge in [-0.15, -0.1) is 0 Å². The van der Waals surface area contributed by atoms with Crippen LogP contribution < -0.4 is 0 Å². The molecule has 5 aromatic carbocycles. The Balaban J connectivity index is 1.71. The fraction of sp³-hybridized carbons (Fsp3) is 0.143. The molecule has 7 rings (SSSR count). The lowest BCUT2D eigenvalue weighted by Crippen LogP contribution is -2.44. The first kappa shape index (κ1) is 19.2. The molecule has 4 amide bonds. The number of carbonyl (C=O) groups excluding carboxylic acids is 4. The molecule has 2 aliphatic heterocycles. The molecule has 2 aliphatic rings. The van der Waals surface area contributed by atoms with Crippen molar-refractivity contribution in [2.45, 2.75) is 19.9 Å². The number of fused-ring (bicyclic) bond motifs is 2. The van der Waals surface area contributed by atoms with Gasteiger partial charge in [0.15, 0.2) is 0 Å². The Morgan fingerprint density at radius 3 is 1.15 bits per heavy atom. The summed E-state index contributed by atoms with van der Waals surface area (Å²) in [4.78, 5) is 54.8. The Morgan fingerprint density at radius 1 is 0.500 bits per heavy atom. The van der Waals surface area contributed by atoms with Gasteiger partial charge in [0.2, 0.25) is 0 Å². The molecule has 5 aromatic rings. The largest absolute Gasteiger partial charge is 0.277 e. The van der Waals surface area contributed by atoms with E-state index in [1.807, 2.05) is 38.1 Å². The van der Waals surface area contributed by atoms with Crippen LogP contribution in [0.4, 0.5) is 0 Å². The van der Waals surface area contributed by atoms with E-state index in [0.717, 1.165) is 37.2 Å². The molecule has 6 heteroatoms. The lowest BCUT2D eigenvalue weighted by atomic mass is 9.82. The van der Waals surface area contributed by atoms with Crippen molar-refractivity contribution in [3.05, 3.63) is 70.8 Å². The van der Waals surface area contributed by atoms with Crippen LogP contribution in [0.1, 0.15) is 55.3 Å². The van der Waals surface area contributed by atoms with Gasteiger partial charge >= 0.3 is 0 Å². The Hall–Kier alpha value is -4.32. The predicted octanol–water partition coefficient (Wildman–Crippen LogP) is 4.97. The number of hydrogen-bond acceptors (Lipinski definition) is 4. The van der Waals surface area contributed by atoms with Crippen molar-refractivity contribution in [2.75, 3.05) is 7.05 Å². The first-order chi connectivity index (χ1) is 16.3. The maximum Gasteiger partial charge on any atom is 0.261 e. The molecule has 0 fully saturated rings. The lowest BCUT2D eigenvalue weighted by molar-refractivity contribution is 0.0561. The van der Waals surface area contributed by atoms with Crippen LogP contribution >= 0.6 is 0 Å². The normalized spacial score (nSPS) is 15.9. The maximum atomic E-state index is 13.3. The highest BCUT2D eigenvalue weighted by Gasteiger charge is 2.36. The zero-order chi connectivity index (χ0) is 23.6. The average molecular weight is 446 g/mol. The summed E-state index contributed by atoms with van der Waals surface area (Å²) in [7, 11) is 1.50. The molecule has 34 heavy (non-hydrogen) atoms. The van der Waals surface area contributed by atoms with Gasteiger partial charge in [0.05, 0.1) is 0 Å². The van der Waals surface area contributed by atoms with Crippen molar-refractivity contribution in [2.24, 2.45) is 0 Å². The SMILES string of the molecule is CC(C)N1C(=O)c2ccc3c4ccc5c6c(ccc(c7ccc(c2c37)C1=O)c64)C(=O)N(C)C5=O. The standard InChI is InChI=1S/C28H18N2O4/c1-12(2)30-27(33)19-10-6-15-13-4-8-17-23-18(26(32)29(3)25(17)31)9-5-14(21(13)23)16-7-11-20(28(30)34)24(19)22(15)16/h4-12H,1-3H3. The molecule has 0 saturated carbocycles. The van der Waals surface area contributed by atoms with Crippen molar-refractivity contribution >= 4 is 66.7 Å². The average Bonchev–Trinajstić information content (AvgIpc) is 2.83. The Morgan fingerprint density at radius 2 is 0.824 bits per heavy atom. The third-order valence-corrected chi connectivity index (χ3v) is 7.39. The highest BCUT2D eigenvalue weighted by atomic mass is 16.2. The van der Waals surface area contributed by atoms with Crippen LogP contribution in [-0.2, 0) is 0 Å². The van der Waals surface area contributed by atoms with Crippen LogP contribution in [0, 0.1) is 0 Å². The van der Waals surface area contributed by atoms with Gasteiger partial charge in [-0.3, -0.25) is 29.0 Å². The van der Waals surface area contributed by atoms with Crippen LogP contribution in [0.3, 0.4) is 0 Å². The molecule has 0 aromatic heterocycles. The van der Waals surface area contributed by atoms with Gasteiger partial charge in [-0.25, -0.2) is 0 Å². The summed E-state index contributed by atoms with van der Waals surface area (Å²) >= 11 is 0. The highest BCUT2D eigenvalue weighted by Crippen LogP contribution is 2.46. The number of carbonyl (C=O) groups is 4. The van der Waals surface area contributed by atoms with E-state index >= 15 is 0 Å². The molecule has 0 radical (unpaired) electrons. The summed E-state index contributed by atoms with van der Waals surface area (Å²) < 4.78 is 0. The molecular weight excluding hydrogens is 428 g/mol. The first-order valence-electron chi connectivity index (χ1n) is 11.2. The zero-order valence-corrected chi connectivity index (χ0v) is 18.7. The number of nitrogens with zero attached hydrogens (tertiary/aromatic N) is 2. The van der Waals surface area contributed by atoms with Crippen molar-refractivity contribution in [3.63, 3.8) is 0 Å². The Kier molecular flexibility index (Phi) is 3.37. The Labute approximate surface area is 193 Å². The summed E-state index contributed by atoms with van der Waals surface area (Å²) in [6.07, 6.45) is 0. The molecule has 6 nitrogen and oxygen atoms in total. The van der Waals surface area contributed by atoms with E-state index in [1.54, 1.807) is 24.3 Å². The Bertz CT molecular complexity index is 1710. The van der Waals surface area contributed by atoms with E-state index in [0.29, 0.717) is 33.0 Å². The summed E-state index contributed by atoms with van der Waals surface area (Å²) in [6.45, 7) is 3.67. The number of rotatable bonds is 1. The van der Waals surface area contributed by atoms with Crippen molar-refractivity contribution in [1.29, 1.82) is 0 Å². The lowest BCUT2D eigenvalue weighted by Gasteiger charge is -2.31. The van der Waals surface area contributed by atoms with Crippen LogP contribution in [0.5, 0.6) is 0 Å². The third-order valence-electron chi connectivity index (χ3n) is 7.39. The second kappa shape index (κ2) is 5.97. The number of imide groups is 2. The fourth-order valence-corrected chi connectivity index (χ4v) is 5.88. The molecule has 0 bridgehead atoms. The van der Waals surface area contributed by atoms with Crippen LogP contribution in [0.15, 0.2) is 48.5 Å². The summed E-state index contributed by atoms with van der Waals surface area (Å²) in [5, 5.41) is 6.63. The van der Waals surface area contributed by atoms with E-state index < -0.39 is 0 Å². The number of benzene rings is 5. The molecule has 0 aliphatic carbocycles. The third kappa shape index (κ3) is 1.98. The summed E-state index contributed by atoms with van der Waals surface area (Å²) in [5.74, 6) is -1.21. The van der Waals surface area contributed by atoms with Gasteiger partial charge in [-0.2, -0.15) is 0 Å². The van der Waals surface area contributed by atoms with E-state index in [4.69, 9.17) is 0 Å². The molecule has 2 heterocycles. The first-order valence-corrected chi connectivity index (χ1v) is 11.2. The van der Waals surface area contributed by atoms with E-state index in [2.05, 4.69) is 0 Å². The minimum atomic E-state index is -0.317. The molecule has 0 atom stereocenters. The molecule has 0 spiro atoms. The summed E-state index contributed by atoms with van der Waals surface area (Å²) in [6, 6.07) is 14.5. The van der Waals surface area contributed by atoms with Gasteiger partial charge in [0.1, 0.15) is 0 Å². The smallest absolute Gasteiger partial charge is 0.261 e. The van der Waals surface area contributed by atoms with Crippen molar-refractivity contribution < 1.29 is 19.2 Å². The van der Waals surface area contributed by atoms with Crippen LogP contribution in [-0.4, -0.2) is 46.5 Å². The molecule has 0 N–H and O–H groups in total. The van der Waals surface area contributed by atoms with Crippen molar-refractivity contribution in [1.82, 2.24) is 9.80 Å². The van der Waals surface area contributed by atoms with E-state index in [1.165, 1.54) is 11.9 Å². The second-order valence-electron chi connectivity index (χ2n) is 9.39. The predicted molar refractivity (Wildman–Crippen MR) is 130 cm³/mol. The second-order valence-corrected chi connectivity index (χ2v) is 9.39. The highest BCUT2D eigenvalue weighted by molar-refractivity contribution is 6.41. The topological polar surface area (TPSA) is 74.8 Å². The van der Waals surface area contributed by atoms with E-state index in [-0.39, 0.29) is 29.7 Å². The molecular formula is C28H18N2O4. The molecule has 164 valence electrons. The molecule has 0 unspecified atom stereocenters. The van der Waals surface area contributed by atoms with Crippen LogP contribution in [0.2, 0.25) is 0 Å². The van der Waals surface area contributed by atoms with Crippen molar-refractivity contribution in [3.8, 4) is 0 Å². The van der Waals surface area contributed by atoms with Gasteiger partial charge < -0.3 is 0 Å². The van der Waals surface area contributed by atoms with Crippen LogP contribution in [0.25, 0.3) is 43.1 Å².